The second-order valence-corrected chi connectivity index (χ2v) is 4.38. The van der Waals surface area contributed by atoms with Crippen LogP contribution < -0.4 is 4.90 Å². The summed E-state index contributed by atoms with van der Waals surface area (Å²) in [7, 11) is 1.95. The number of esters is 1. The fourth-order valence-electron chi connectivity index (χ4n) is 1.53. The Morgan fingerprint density at radius 3 is 2.53 bits per heavy atom. The van der Waals surface area contributed by atoms with Crippen molar-refractivity contribution in [3.05, 3.63) is 29.3 Å². The molecule has 0 amide bonds. The molecule has 0 saturated heterocycles. The van der Waals surface area contributed by atoms with Crippen LogP contribution in [0.3, 0.4) is 0 Å². The monoisotopic (exact) mass is 255 g/mol. The minimum absolute atomic E-state index is 0.0928. The maximum absolute atomic E-state index is 11.4. The van der Waals surface area contributed by atoms with Gasteiger partial charge in [0.05, 0.1) is 13.0 Å². The number of halogens is 1. The first-order valence-corrected chi connectivity index (χ1v) is 6.06. The lowest BCUT2D eigenvalue weighted by molar-refractivity contribution is -0.143. The van der Waals surface area contributed by atoms with Crippen LogP contribution in [0.25, 0.3) is 0 Å². The molecule has 1 aromatic rings. The average molecular weight is 256 g/mol. The second kappa shape index (κ2) is 6.50. The third-order valence-electron chi connectivity index (χ3n) is 2.66. The highest BCUT2D eigenvalue weighted by Gasteiger charge is 2.14. The lowest BCUT2D eigenvalue weighted by Gasteiger charge is -2.26. The fraction of sp³-hybridized carbons (Fsp3) is 0.462. The third-order valence-corrected chi connectivity index (χ3v) is 2.91. The molecular formula is C13H18ClNO2. The van der Waals surface area contributed by atoms with Crippen molar-refractivity contribution in [1.29, 1.82) is 0 Å². The smallest absolute Gasteiger partial charge is 0.307 e. The predicted molar refractivity (Wildman–Crippen MR) is 70.6 cm³/mol. The van der Waals surface area contributed by atoms with Crippen molar-refractivity contribution in [2.75, 3.05) is 18.6 Å². The topological polar surface area (TPSA) is 29.5 Å². The number of carbonyl (C=O) groups excluding carboxylic acids is 1. The van der Waals surface area contributed by atoms with Gasteiger partial charge in [0.1, 0.15) is 0 Å². The Kier molecular flexibility index (Phi) is 5.29. The number of hydrogen-bond donors (Lipinski definition) is 0. The van der Waals surface area contributed by atoms with E-state index in [0.29, 0.717) is 18.1 Å². The van der Waals surface area contributed by atoms with Crippen LogP contribution in [0.2, 0.25) is 5.02 Å². The van der Waals surface area contributed by atoms with Gasteiger partial charge >= 0.3 is 5.97 Å². The van der Waals surface area contributed by atoms with Crippen molar-refractivity contribution in [2.45, 2.75) is 26.3 Å². The van der Waals surface area contributed by atoms with E-state index in [2.05, 4.69) is 0 Å². The van der Waals surface area contributed by atoms with Crippen molar-refractivity contribution in [1.82, 2.24) is 0 Å². The molecule has 0 N–H and O–H groups in total. The van der Waals surface area contributed by atoms with E-state index in [1.54, 1.807) is 0 Å². The zero-order chi connectivity index (χ0) is 12.8. The Morgan fingerprint density at radius 1 is 1.41 bits per heavy atom. The van der Waals surface area contributed by atoms with Crippen LogP contribution >= 0.6 is 11.6 Å². The van der Waals surface area contributed by atoms with Crippen LogP contribution in [0.4, 0.5) is 5.69 Å². The molecule has 0 spiro atoms. The van der Waals surface area contributed by atoms with Crippen LogP contribution in [0.1, 0.15) is 20.3 Å². The van der Waals surface area contributed by atoms with E-state index in [0.717, 1.165) is 5.69 Å². The van der Waals surface area contributed by atoms with Gasteiger partial charge in [0, 0.05) is 23.8 Å². The highest BCUT2D eigenvalue weighted by Crippen LogP contribution is 2.19. The summed E-state index contributed by atoms with van der Waals surface area (Å²) in [6, 6.07) is 7.64. The van der Waals surface area contributed by atoms with Crippen molar-refractivity contribution in [3.8, 4) is 0 Å². The Hall–Kier alpha value is -1.22. The minimum atomic E-state index is -0.166. The average Bonchev–Trinajstić information content (AvgIpc) is 2.29. The maximum Gasteiger partial charge on any atom is 0.307 e. The lowest BCUT2D eigenvalue weighted by Crippen LogP contribution is -2.31. The van der Waals surface area contributed by atoms with Gasteiger partial charge in [-0.05, 0) is 38.1 Å². The molecule has 4 heteroatoms. The van der Waals surface area contributed by atoms with Crippen molar-refractivity contribution in [3.63, 3.8) is 0 Å². The predicted octanol–water partition coefficient (Wildman–Crippen LogP) is 3.12. The molecular weight excluding hydrogens is 238 g/mol. The standard InChI is InChI=1S/C13H18ClNO2/c1-4-17-13(16)9-10(2)15(3)12-7-5-11(14)6-8-12/h5-8,10H,4,9H2,1-3H3. The normalized spacial score (nSPS) is 12.0. The molecule has 0 fully saturated rings. The van der Waals surface area contributed by atoms with Crippen molar-refractivity contribution < 1.29 is 9.53 Å². The molecule has 0 saturated carbocycles. The summed E-state index contributed by atoms with van der Waals surface area (Å²) in [4.78, 5) is 13.4. The van der Waals surface area contributed by atoms with Gasteiger partial charge in [0.2, 0.25) is 0 Å². The molecule has 1 atom stereocenters. The van der Waals surface area contributed by atoms with Gasteiger partial charge in [-0.1, -0.05) is 11.6 Å². The fourth-order valence-corrected chi connectivity index (χ4v) is 1.65. The van der Waals surface area contributed by atoms with E-state index >= 15 is 0 Å². The number of carbonyl (C=O) groups is 1. The van der Waals surface area contributed by atoms with Crippen LogP contribution in [0.5, 0.6) is 0 Å². The van der Waals surface area contributed by atoms with Crippen LogP contribution in [-0.2, 0) is 9.53 Å². The summed E-state index contributed by atoms with van der Waals surface area (Å²) in [6.07, 6.45) is 0.382. The van der Waals surface area contributed by atoms with Gasteiger partial charge in [-0.2, -0.15) is 0 Å². The Bertz CT molecular complexity index is 364. The SMILES string of the molecule is CCOC(=O)CC(C)N(C)c1ccc(Cl)cc1. The summed E-state index contributed by atoms with van der Waals surface area (Å²) >= 11 is 5.83. The van der Waals surface area contributed by atoms with Crippen molar-refractivity contribution in [2.24, 2.45) is 0 Å². The first-order chi connectivity index (χ1) is 8.04. The first kappa shape index (κ1) is 13.8. The molecule has 0 heterocycles. The van der Waals surface area contributed by atoms with E-state index in [-0.39, 0.29) is 12.0 Å². The van der Waals surface area contributed by atoms with Gasteiger partial charge in [0.15, 0.2) is 0 Å². The first-order valence-electron chi connectivity index (χ1n) is 5.68. The molecule has 0 aliphatic rings. The Morgan fingerprint density at radius 2 is 2.00 bits per heavy atom. The summed E-state index contributed by atoms with van der Waals surface area (Å²) in [5.74, 6) is -0.166. The summed E-state index contributed by atoms with van der Waals surface area (Å²) in [5, 5.41) is 0.709. The molecule has 0 aliphatic heterocycles. The highest BCUT2D eigenvalue weighted by atomic mass is 35.5. The zero-order valence-electron chi connectivity index (χ0n) is 10.4. The van der Waals surface area contributed by atoms with Gasteiger partial charge in [-0.15, -0.1) is 0 Å². The van der Waals surface area contributed by atoms with E-state index in [9.17, 15) is 4.79 Å². The van der Waals surface area contributed by atoms with Gasteiger partial charge < -0.3 is 9.64 Å². The quantitative estimate of drug-likeness (QED) is 0.757. The molecule has 1 aromatic carbocycles. The molecule has 0 bridgehead atoms. The largest absolute Gasteiger partial charge is 0.466 e. The number of nitrogens with zero attached hydrogens (tertiary/aromatic N) is 1. The molecule has 1 rings (SSSR count). The van der Waals surface area contributed by atoms with E-state index in [1.807, 2.05) is 50.1 Å². The highest BCUT2D eigenvalue weighted by molar-refractivity contribution is 6.30. The van der Waals surface area contributed by atoms with Gasteiger partial charge in [-0.3, -0.25) is 4.79 Å². The zero-order valence-corrected chi connectivity index (χ0v) is 11.2. The molecule has 1 unspecified atom stereocenters. The summed E-state index contributed by atoms with van der Waals surface area (Å²) in [5.41, 5.74) is 1.03. The molecule has 17 heavy (non-hydrogen) atoms. The third kappa shape index (κ3) is 4.27. The van der Waals surface area contributed by atoms with E-state index < -0.39 is 0 Å². The Labute approximate surface area is 107 Å². The molecule has 0 radical (unpaired) electrons. The number of ether oxygens (including phenoxy) is 1. The van der Waals surface area contributed by atoms with Crippen LogP contribution in [0.15, 0.2) is 24.3 Å². The number of benzene rings is 1. The van der Waals surface area contributed by atoms with Crippen LogP contribution in [0, 0.1) is 0 Å². The molecule has 0 aromatic heterocycles. The van der Waals surface area contributed by atoms with Crippen molar-refractivity contribution >= 4 is 23.3 Å². The minimum Gasteiger partial charge on any atom is -0.466 e. The summed E-state index contributed by atoms with van der Waals surface area (Å²) in [6.45, 7) is 4.23. The van der Waals surface area contributed by atoms with E-state index in [4.69, 9.17) is 16.3 Å². The van der Waals surface area contributed by atoms with Gasteiger partial charge in [-0.25, -0.2) is 0 Å². The van der Waals surface area contributed by atoms with E-state index in [1.165, 1.54) is 0 Å². The van der Waals surface area contributed by atoms with Crippen LogP contribution in [-0.4, -0.2) is 25.7 Å². The molecule has 0 aliphatic carbocycles. The number of hydrogen-bond acceptors (Lipinski definition) is 3. The van der Waals surface area contributed by atoms with Gasteiger partial charge in [0.25, 0.3) is 0 Å². The lowest BCUT2D eigenvalue weighted by atomic mass is 10.2. The molecule has 3 nitrogen and oxygen atoms in total. The summed E-state index contributed by atoms with van der Waals surface area (Å²) < 4.78 is 4.93. The maximum atomic E-state index is 11.4. The Balaban J connectivity index is 2.60. The second-order valence-electron chi connectivity index (χ2n) is 3.95. The molecule has 94 valence electrons. The number of anilines is 1. The number of rotatable bonds is 5.